The zero-order valence-corrected chi connectivity index (χ0v) is 17.5. The molecular formula is C21H30ClNO5. The lowest BCUT2D eigenvalue weighted by atomic mass is 9.86. The summed E-state index contributed by atoms with van der Waals surface area (Å²) >= 11 is 0. The molecule has 0 radical (unpaired) electrons. The van der Waals surface area contributed by atoms with Crippen molar-refractivity contribution in [2.75, 3.05) is 20.3 Å². The Morgan fingerprint density at radius 1 is 1.21 bits per heavy atom. The molecule has 0 spiro atoms. The minimum Gasteiger partial charge on any atom is -0.491 e. The number of allylic oxidation sites excluding steroid dienone is 1. The first kappa shape index (κ1) is 24.0. The zero-order valence-electron chi connectivity index (χ0n) is 16.6. The third-order valence-electron chi connectivity index (χ3n) is 4.59. The normalized spacial score (nSPS) is 14.4. The average molecular weight is 412 g/mol. The second kappa shape index (κ2) is 13.2. The molecule has 28 heavy (non-hydrogen) atoms. The number of carbonyl (C=O) groups is 2. The Balaban J connectivity index is 0.00000392. The summed E-state index contributed by atoms with van der Waals surface area (Å²) in [6.07, 6.45) is 11.2. The smallest absolute Gasteiger partial charge is 0.305 e. The Labute approximate surface area is 173 Å². The van der Waals surface area contributed by atoms with Crippen molar-refractivity contribution in [3.05, 3.63) is 24.0 Å². The van der Waals surface area contributed by atoms with Crippen LogP contribution in [0.3, 0.4) is 0 Å². The van der Waals surface area contributed by atoms with Gasteiger partial charge in [0.05, 0.1) is 32.2 Å². The van der Waals surface area contributed by atoms with Crippen molar-refractivity contribution >= 4 is 30.2 Å². The fraction of sp³-hybridized carbons (Fsp3) is 0.571. The second-order valence-corrected chi connectivity index (χ2v) is 6.59. The van der Waals surface area contributed by atoms with Gasteiger partial charge in [0.2, 0.25) is 0 Å². The molecule has 0 aromatic carbocycles. The predicted molar refractivity (Wildman–Crippen MR) is 110 cm³/mol. The van der Waals surface area contributed by atoms with E-state index in [2.05, 4.69) is 4.98 Å². The molecule has 0 bridgehead atoms. The van der Waals surface area contributed by atoms with Crippen LogP contribution in [-0.4, -0.2) is 37.1 Å². The van der Waals surface area contributed by atoms with Crippen LogP contribution in [0.2, 0.25) is 0 Å². The Morgan fingerprint density at radius 3 is 2.64 bits per heavy atom. The van der Waals surface area contributed by atoms with E-state index in [1.807, 2.05) is 0 Å². The van der Waals surface area contributed by atoms with E-state index in [0.717, 1.165) is 25.7 Å². The molecule has 7 heteroatoms. The van der Waals surface area contributed by atoms with Crippen LogP contribution in [0.1, 0.15) is 57.6 Å². The first-order valence-corrected chi connectivity index (χ1v) is 9.68. The Kier molecular flexibility index (Phi) is 11.3. The third-order valence-corrected chi connectivity index (χ3v) is 4.59. The summed E-state index contributed by atoms with van der Waals surface area (Å²) in [6.45, 7) is 2.53. The molecule has 1 saturated carbocycles. The molecule has 1 heterocycles. The molecule has 0 atom stereocenters. The van der Waals surface area contributed by atoms with Crippen LogP contribution in [-0.2, 0) is 14.3 Å². The Morgan fingerprint density at radius 2 is 1.96 bits per heavy atom. The van der Waals surface area contributed by atoms with Crippen molar-refractivity contribution in [2.24, 2.45) is 5.92 Å². The molecule has 1 aromatic heterocycles. The van der Waals surface area contributed by atoms with Gasteiger partial charge < -0.3 is 14.2 Å². The minimum atomic E-state index is -0.229. The lowest BCUT2D eigenvalue weighted by Gasteiger charge is -2.18. The van der Waals surface area contributed by atoms with Crippen molar-refractivity contribution in [3.63, 3.8) is 0 Å². The molecule has 6 nitrogen and oxygen atoms in total. The van der Waals surface area contributed by atoms with Crippen LogP contribution < -0.4 is 9.47 Å². The summed E-state index contributed by atoms with van der Waals surface area (Å²) < 4.78 is 15.9. The lowest BCUT2D eigenvalue weighted by Crippen LogP contribution is -2.15. The molecule has 1 aliphatic rings. The van der Waals surface area contributed by atoms with Crippen molar-refractivity contribution in [3.8, 4) is 11.5 Å². The van der Waals surface area contributed by atoms with E-state index in [-0.39, 0.29) is 30.1 Å². The number of ketones is 1. The first-order valence-electron chi connectivity index (χ1n) is 9.68. The Hall–Kier alpha value is -2.08. The number of hydrogen-bond donors (Lipinski definition) is 0. The van der Waals surface area contributed by atoms with Crippen LogP contribution in [0.15, 0.2) is 18.3 Å². The zero-order chi connectivity index (χ0) is 19.5. The van der Waals surface area contributed by atoms with Gasteiger partial charge in [0.1, 0.15) is 0 Å². The molecule has 0 aliphatic heterocycles. The highest BCUT2D eigenvalue weighted by Crippen LogP contribution is 2.28. The van der Waals surface area contributed by atoms with Gasteiger partial charge in [-0.1, -0.05) is 19.3 Å². The van der Waals surface area contributed by atoms with Gasteiger partial charge in [0.25, 0.3) is 0 Å². The summed E-state index contributed by atoms with van der Waals surface area (Å²) in [4.78, 5) is 27.9. The molecule has 1 fully saturated rings. The van der Waals surface area contributed by atoms with E-state index < -0.39 is 0 Å². The van der Waals surface area contributed by atoms with E-state index in [9.17, 15) is 9.59 Å². The molecule has 0 amide bonds. The van der Waals surface area contributed by atoms with Crippen LogP contribution in [0, 0.1) is 5.92 Å². The number of methoxy groups -OCH3 is 1. The maximum atomic E-state index is 12.3. The number of nitrogens with zero attached hydrogens (tertiary/aromatic N) is 1. The maximum Gasteiger partial charge on any atom is 0.305 e. The highest BCUT2D eigenvalue weighted by Gasteiger charge is 2.18. The van der Waals surface area contributed by atoms with Crippen molar-refractivity contribution in [2.45, 2.75) is 51.9 Å². The number of esters is 1. The number of pyridine rings is 1. The summed E-state index contributed by atoms with van der Waals surface area (Å²) in [7, 11) is 1.55. The lowest BCUT2D eigenvalue weighted by molar-refractivity contribution is -0.143. The van der Waals surface area contributed by atoms with E-state index in [4.69, 9.17) is 14.2 Å². The number of hydrogen-bond acceptors (Lipinski definition) is 6. The molecule has 1 aromatic rings. The van der Waals surface area contributed by atoms with Gasteiger partial charge in [0.15, 0.2) is 17.3 Å². The van der Waals surface area contributed by atoms with Gasteiger partial charge in [-0.3, -0.25) is 14.6 Å². The van der Waals surface area contributed by atoms with Crippen molar-refractivity contribution in [1.29, 1.82) is 0 Å². The van der Waals surface area contributed by atoms with Crippen LogP contribution >= 0.6 is 12.4 Å². The average Bonchev–Trinajstić information content (AvgIpc) is 2.70. The van der Waals surface area contributed by atoms with E-state index in [1.165, 1.54) is 6.42 Å². The van der Waals surface area contributed by atoms with E-state index in [1.54, 1.807) is 38.4 Å². The van der Waals surface area contributed by atoms with Crippen molar-refractivity contribution in [1.82, 2.24) is 4.98 Å². The van der Waals surface area contributed by atoms with Crippen LogP contribution in [0.4, 0.5) is 0 Å². The monoisotopic (exact) mass is 411 g/mol. The SMILES string of the molecule is CCOC(=O)CCCOc1cc(/C=C/C(=O)C2CCCCC2)ncc1OC.Cl. The van der Waals surface area contributed by atoms with Gasteiger partial charge in [-0.2, -0.15) is 0 Å². The van der Waals surface area contributed by atoms with Gasteiger partial charge in [0, 0.05) is 18.4 Å². The van der Waals surface area contributed by atoms with E-state index >= 15 is 0 Å². The topological polar surface area (TPSA) is 74.7 Å². The summed E-state index contributed by atoms with van der Waals surface area (Å²) in [5, 5.41) is 0. The van der Waals surface area contributed by atoms with Crippen LogP contribution in [0.5, 0.6) is 11.5 Å². The molecule has 0 N–H and O–H groups in total. The summed E-state index contributed by atoms with van der Waals surface area (Å²) in [5.74, 6) is 1.15. The summed E-state index contributed by atoms with van der Waals surface area (Å²) in [6, 6.07) is 1.74. The highest BCUT2D eigenvalue weighted by molar-refractivity contribution is 5.95. The molecule has 156 valence electrons. The molecule has 2 rings (SSSR count). The number of halogens is 1. The van der Waals surface area contributed by atoms with E-state index in [0.29, 0.717) is 43.2 Å². The molecule has 0 saturated heterocycles. The van der Waals surface area contributed by atoms with Crippen molar-refractivity contribution < 1.29 is 23.8 Å². The number of rotatable bonds is 10. The van der Waals surface area contributed by atoms with Gasteiger partial charge in [-0.15, -0.1) is 12.4 Å². The standard InChI is InChI=1S/C21H29NO5.ClH/c1-3-26-21(24)10-7-13-27-19-14-17(22-15-20(19)25-2)11-12-18(23)16-8-5-4-6-9-16;/h11-12,14-16H,3-10,13H2,1-2H3;1H/b12-11+;. The maximum absolute atomic E-state index is 12.3. The molecular weight excluding hydrogens is 382 g/mol. The number of carbonyl (C=O) groups excluding carboxylic acids is 2. The molecule has 1 aliphatic carbocycles. The van der Waals surface area contributed by atoms with Gasteiger partial charge >= 0.3 is 5.97 Å². The predicted octanol–water partition coefficient (Wildman–Crippen LogP) is 4.40. The fourth-order valence-corrected chi connectivity index (χ4v) is 3.12. The number of aromatic nitrogens is 1. The quantitative estimate of drug-likeness (QED) is 0.323. The number of ether oxygens (including phenoxy) is 3. The Bertz CT molecular complexity index is 656. The first-order chi connectivity index (χ1) is 13.1. The van der Waals surface area contributed by atoms with Crippen LogP contribution in [0.25, 0.3) is 6.08 Å². The summed E-state index contributed by atoms with van der Waals surface area (Å²) in [5.41, 5.74) is 0.639. The highest BCUT2D eigenvalue weighted by atomic mass is 35.5. The van der Waals surface area contributed by atoms with Gasteiger partial charge in [-0.05, 0) is 38.3 Å². The largest absolute Gasteiger partial charge is 0.491 e. The minimum absolute atomic E-state index is 0. The second-order valence-electron chi connectivity index (χ2n) is 6.59. The van der Waals surface area contributed by atoms with Gasteiger partial charge in [-0.25, -0.2) is 0 Å². The fourth-order valence-electron chi connectivity index (χ4n) is 3.12. The molecule has 0 unspecified atom stereocenters. The third kappa shape index (κ3) is 7.89.